The predicted molar refractivity (Wildman–Crippen MR) is 208 cm³/mol. The summed E-state index contributed by atoms with van der Waals surface area (Å²) in [6.45, 7) is 0. The summed E-state index contributed by atoms with van der Waals surface area (Å²) in [5, 5.41) is 9.81. The van der Waals surface area contributed by atoms with Crippen molar-refractivity contribution in [2.75, 3.05) is 0 Å². The minimum absolute atomic E-state index is 0.915. The standard InChI is InChI=1S/C48H30O/c1-2-12-32-27-35(24-23-31(32)11-1)33-13-9-15-37(28-33)47-40-18-3-5-20-42(40)48(43-21-6-4-19-41(43)47)38-16-10-14-34(29-38)36-25-26-46-44(30-36)39-17-7-8-22-45(39)49-46/h1-30H. The highest BCUT2D eigenvalue weighted by molar-refractivity contribution is 6.21. The monoisotopic (exact) mass is 622 g/mol. The molecule has 0 aliphatic rings. The van der Waals surface area contributed by atoms with Crippen molar-refractivity contribution in [1.29, 1.82) is 0 Å². The van der Waals surface area contributed by atoms with Gasteiger partial charge in [0.05, 0.1) is 0 Å². The summed E-state index contributed by atoms with van der Waals surface area (Å²) in [7, 11) is 0. The van der Waals surface area contributed by atoms with E-state index in [1.54, 1.807) is 0 Å². The minimum Gasteiger partial charge on any atom is -0.456 e. The molecule has 0 spiro atoms. The van der Waals surface area contributed by atoms with E-state index in [1.165, 1.54) is 76.8 Å². The fraction of sp³-hybridized carbons (Fsp3) is 0. The van der Waals surface area contributed by atoms with Gasteiger partial charge < -0.3 is 4.42 Å². The molecule has 0 amide bonds. The summed E-state index contributed by atoms with van der Waals surface area (Å²) in [6, 6.07) is 66.0. The van der Waals surface area contributed by atoms with Gasteiger partial charge in [-0.2, -0.15) is 0 Å². The van der Waals surface area contributed by atoms with Crippen LogP contribution < -0.4 is 0 Å². The third kappa shape index (κ3) is 4.55. The summed E-state index contributed by atoms with van der Waals surface area (Å²) in [6.07, 6.45) is 0. The first-order valence-corrected chi connectivity index (χ1v) is 16.8. The second kappa shape index (κ2) is 11.1. The number of hydrogen-bond acceptors (Lipinski definition) is 1. The van der Waals surface area contributed by atoms with Crippen LogP contribution in [0.2, 0.25) is 0 Å². The first kappa shape index (κ1) is 27.7. The molecule has 0 unspecified atom stereocenters. The van der Waals surface area contributed by atoms with Crippen molar-refractivity contribution in [2.45, 2.75) is 0 Å². The number of benzene rings is 9. The normalized spacial score (nSPS) is 11.7. The van der Waals surface area contributed by atoms with Gasteiger partial charge in [-0.1, -0.05) is 146 Å². The van der Waals surface area contributed by atoms with Crippen LogP contribution in [0.1, 0.15) is 0 Å². The average molecular weight is 623 g/mol. The average Bonchev–Trinajstić information content (AvgIpc) is 3.55. The molecule has 1 aromatic heterocycles. The fourth-order valence-corrected chi connectivity index (χ4v) is 7.73. The zero-order valence-corrected chi connectivity index (χ0v) is 26.7. The van der Waals surface area contributed by atoms with Crippen LogP contribution in [0.3, 0.4) is 0 Å². The molecule has 0 radical (unpaired) electrons. The molecule has 0 atom stereocenters. The second-order valence-electron chi connectivity index (χ2n) is 12.9. The van der Waals surface area contributed by atoms with Gasteiger partial charge >= 0.3 is 0 Å². The van der Waals surface area contributed by atoms with Crippen LogP contribution in [0.5, 0.6) is 0 Å². The molecule has 0 aliphatic carbocycles. The van der Waals surface area contributed by atoms with Crippen LogP contribution in [-0.4, -0.2) is 0 Å². The zero-order chi connectivity index (χ0) is 32.3. The molecular formula is C48H30O. The Balaban J connectivity index is 1.16. The molecule has 0 N–H and O–H groups in total. The Morgan fingerprint density at radius 1 is 0.245 bits per heavy atom. The van der Waals surface area contributed by atoms with E-state index in [-0.39, 0.29) is 0 Å². The van der Waals surface area contributed by atoms with E-state index in [4.69, 9.17) is 4.42 Å². The Labute approximate surface area is 284 Å². The van der Waals surface area contributed by atoms with Gasteiger partial charge in [0.1, 0.15) is 11.2 Å². The van der Waals surface area contributed by atoms with Crippen molar-refractivity contribution in [1.82, 2.24) is 0 Å². The minimum atomic E-state index is 0.915. The van der Waals surface area contributed by atoms with Gasteiger partial charge in [0.25, 0.3) is 0 Å². The van der Waals surface area contributed by atoms with E-state index >= 15 is 0 Å². The lowest BCUT2D eigenvalue weighted by atomic mass is 9.85. The smallest absolute Gasteiger partial charge is 0.135 e. The molecule has 9 aromatic carbocycles. The van der Waals surface area contributed by atoms with Crippen LogP contribution in [0, 0.1) is 0 Å². The molecule has 1 heterocycles. The third-order valence-electron chi connectivity index (χ3n) is 10.0. The number of rotatable bonds is 4. The van der Waals surface area contributed by atoms with Crippen molar-refractivity contribution in [3.8, 4) is 44.5 Å². The highest BCUT2D eigenvalue weighted by atomic mass is 16.3. The molecule has 49 heavy (non-hydrogen) atoms. The first-order chi connectivity index (χ1) is 24.3. The van der Waals surface area contributed by atoms with Crippen molar-refractivity contribution in [2.24, 2.45) is 0 Å². The number of para-hydroxylation sites is 1. The van der Waals surface area contributed by atoms with Crippen molar-refractivity contribution < 1.29 is 4.42 Å². The van der Waals surface area contributed by atoms with Crippen LogP contribution in [0.4, 0.5) is 0 Å². The van der Waals surface area contributed by atoms with E-state index in [0.717, 1.165) is 21.9 Å². The highest BCUT2D eigenvalue weighted by Crippen LogP contribution is 2.45. The van der Waals surface area contributed by atoms with Crippen LogP contribution in [-0.2, 0) is 0 Å². The van der Waals surface area contributed by atoms with E-state index in [0.29, 0.717) is 0 Å². The molecule has 10 rings (SSSR count). The van der Waals surface area contributed by atoms with Gasteiger partial charge in [-0.3, -0.25) is 0 Å². The lowest BCUT2D eigenvalue weighted by Gasteiger charge is -2.18. The maximum absolute atomic E-state index is 6.13. The van der Waals surface area contributed by atoms with Crippen LogP contribution in [0.15, 0.2) is 186 Å². The van der Waals surface area contributed by atoms with Crippen LogP contribution >= 0.6 is 0 Å². The van der Waals surface area contributed by atoms with Crippen molar-refractivity contribution in [3.05, 3.63) is 182 Å². The molecule has 10 aromatic rings. The van der Waals surface area contributed by atoms with E-state index in [9.17, 15) is 0 Å². The Kier molecular flexibility index (Phi) is 6.25. The van der Waals surface area contributed by atoms with Crippen LogP contribution in [0.25, 0.3) is 98.8 Å². The summed E-state index contributed by atoms with van der Waals surface area (Å²) in [5.74, 6) is 0. The maximum atomic E-state index is 6.13. The largest absolute Gasteiger partial charge is 0.456 e. The molecule has 0 saturated heterocycles. The lowest BCUT2D eigenvalue weighted by Crippen LogP contribution is -1.91. The topological polar surface area (TPSA) is 13.1 Å². The Morgan fingerprint density at radius 3 is 1.33 bits per heavy atom. The van der Waals surface area contributed by atoms with Gasteiger partial charge in [0.15, 0.2) is 0 Å². The molecular weight excluding hydrogens is 593 g/mol. The summed E-state index contributed by atoms with van der Waals surface area (Å²) < 4.78 is 6.13. The predicted octanol–water partition coefficient (Wildman–Crippen LogP) is 13.7. The highest BCUT2D eigenvalue weighted by Gasteiger charge is 2.18. The van der Waals surface area contributed by atoms with Gasteiger partial charge in [-0.05, 0) is 113 Å². The molecule has 0 bridgehead atoms. The van der Waals surface area contributed by atoms with Gasteiger partial charge in [-0.15, -0.1) is 0 Å². The quantitative estimate of drug-likeness (QED) is 0.178. The number of hydrogen-bond donors (Lipinski definition) is 0. The number of furan rings is 1. The SMILES string of the molecule is c1cc(-c2ccc3ccccc3c2)cc(-c2c3ccccc3c(-c3cccc(-c4ccc5oc6ccccc6c5c4)c3)c3ccccc23)c1. The summed E-state index contributed by atoms with van der Waals surface area (Å²) in [5.41, 5.74) is 11.6. The van der Waals surface area contributed by atoms with E-state index in [1.807, 2.05) is 12.1 Å². The first-order valence-electron chi connectivity index (χ1n) is 16.8. The Morgan fingerprint density at radius 2 is 0.694 bits per heavy atom. The third-order valence-corrected chi connectivity index (χ3v) is 10.0. The maximum Gasteiger partial charge on any atom is 0.135 e. The molecule has 1 nitrogen and oxygen atoms in total. The van der Waals surface area contributed by atoms with E-state index < -0.39 is 0 Å². The summed E-state index contributed by atoms with van der Waals surface area (Å²) >= 11 is 0. The molecule has 0 aliphatic heterocycles. The summed E-state index contributed by atoms with van der Waals surface area (Å²) in [4.78, 5) is 0. The van der Waals surface area contributed by atoms with Gasteiger partial charge in [0, 0.05) is 10.8 Å². The molecule has 228 valence electrons. The lowest BCUT2D eigenvalue weighted by molar-refractivity contribution is 0.669. The zero-order valence-electron chi connectivity index (χ0n) is 26.7. The molecule has 0 saturated carbocycles. The Hall–Kier alpha value is -6.44. The van der Waals surface area contributed by atoms with Gasteiger partial charge in [-0.25, -0.2) is 0 Å². The molecule has 0 fully saturated rings. The molecule has 1 heteroatoms. The Bertz CT molecular complexity index is 2830. The van der Waals surface area contributed by atoms with E-state index in [2.05, 4.69) is 170 Å². The second-order valence-corrected chi connectivity index (χ2v) is 12.9. The fourth-order valence-electron chi connectivity index (χ4n) is 7.73. The van der Waals surface area contributed by atoms with Crippen molar-refractivity contribution in [3.63, 3.8) is 0 Å². The number of fused-ring (bicyclic) bond motifs is 6. The van der Waals surface area contributed by atoms with Crippen molar-refractivity contribution >= 4 is 54.3 Å². The van der Waals surface area contributed by atoms with Gasteiger partial charge in [0.2, 0.25) is 0 Å².